The van der Waals surface area contributed by atoms with Crippen molar-refractivity contribution < 1.29 is 0 Å². The van der Waals surface area contributed by atoms with Gasteiger partial charge in [0.2, 0.25) is 0 Å². The number of nitrogens with zero attached hydrogens (tertiary/aromatic N) is 4. The largest absolute Gasteiger partial charge is 0.357 e. The average Bonchev–Trinajstić information content (AvgIpc) is 3.22. The van der Waals surface area contributed by atoms with Crippen LogP contribution in [0.3, 0.4) is 0 Å². The summed E-state index contributed by atoms with van der Waals surface area (Å²) in [5, 5.41) is 10.9. The van der Waals surface area contributed by atoms with E-state index < -0.39 is 0 Å². The molecule has 0 aliphatic heterocycles. The number of benzene rings is 1. The molecule has 0 atom stereocenters. The van der Waals surface area contributed by atoms with Crippen molar-refractivity contribution in [1.29, 1.82) is 0 Å². The van der Waals surface area contributed by atoms with Gasteiger partial charge in [-0.15, -0.1) is 24.0 Å². The molecule has 0 saturated carbocycles. The molecule has 0 radical (unpaired) electrons. The van der Waals surface area contributed by atoms with Gasteiger partial charge in [0.05, 0.1) is 17.9 Å². The van der Waals surface area contributed by atoms with E-state index in [9.17, 15) is 0 Å². The molecule has 0 amide bonds. The Morgan fingerprint density at radius 2 is 1.89 bits per heavy atom. The maximum atomic E-state index is 4.58. The second-order valence-corrected chi connectivity index (χ2v) is 5.81. The fraction of sp³-hybridized carbons (Fsp3) is 0.250. The number of nitrogens with one attached hydrogen (secondary N) is 2. The van der Waals surface area contributed by atoms with Gasteiger partial charge in [-0.1, -0.05) is 18.2 Å². The van der Waals surface area contributed by atoms with Gasteiger partial charge in [0.15, 0.2) is 5.96 Å². The average molecular weight is 476 g/mol. The number of rotatable bonds is 7. The van der Waals surface area contributed by atoms with Crippen molar-refractivity contribution in [2.75, 3.05) is 13.1 Å². The van der Waals surface area contributed by atoms with Crippen LogP contribution in [0.4, 0.5) is 0 Å². The Morgan fingerprint density at radius 1 is 1.04 bits per heavy atom. The van der Waals surface area contributed by atoms with Crippen molar-refractivity contribution in [1.82, 2.24) is 25.4 Å². The SMILES string of the molecule is CCNC(=NCc1ccccn1)NCCc1ccc(-n2cccn2)cc1.I. The highest BCUT2D eigenvalue weighted by Crippen LogP contribution is 2.08. The minimum atomic E-state index is 0. The topological polar surface area (TPSA) is 67.1 Å². The molecular weight excluding hydrogens is 451 g/mol. The van der Waals surface area contributed by atoms with Crippen LogP contribution in [0.25, 0.3) is 5.69 Å². The summed E-state index contributed by atoms with van der Waals surface area (Å²) in [5.41, 5.74) is 3.30. The lowest BCUT2D eigenvalue weighted by atomic mass is 10.1. The minimum absolute atomic E-state index is 0. The van der Waals surface area contributed by atoms with E-state index in [1.807, 2.05) is 35.1 Å². The molecular formula is C20H25IN6. The lowest BCUT2D eigenvalue weighted by Gasteiger charge is -2.11. The Hall–Kier alpha value is -2.42. The number of hydrogen-bond acceptors (Lipinski definition) is 3. The highest BCUT2D eigenvalue weighted by Gasteiger charge is 2.00. The molecule has 0 spiro atoms. The Labute approximate surface area is 177 Å². The van der Waals surface area contributed by atoms with Crippen LogP contribution in [-0.2, 0) is 13.0 Å². The molecule has 0 aliphatic rings. The number of hydrogen-bond donors (Lipinski definition) is 2. The van der Waals surface area contributed by atoms with E-state index in [0.29, 0.717) is 6.54 Å². The molecule has 2 aromatic heterocycles. The van der Waals surface area contributed by atoms with E-state index in [1.54, 1.807) is 12.4 Å². The quantitative estimate of drug-likeness (QED) is 0.312. The third kappa shape index (κ3) is 6.67. The first-order chi connectivity index (χ1) is 12.8. The van der Waals surface area contributed by atoms with Crippen molar-refractivity contribution in [2.45, 2.75) is 19.9 Å². The van der Waals surface area contributed by atoms with Gasteiger partial charge < -0.3 is 10.6 Å². The summed E-state index contributed by atoms with van der Waals surface area (Å²) in [5.74, 6) is 0.811. The van der Waals surface area contributed by atoms with E-state index in [-0.39, 0.29) is 24.0 Å². The smallest absolute Gasteiger partial charge is 0.191 e. The van der Waals surface area contributed by atoms with Crippen molar-refractivity contribution in [3.8, 4) is 5.69 Å². The Balaban J connectivity index is 0.00000261. The fourth-order valence-electron chi connectivity index (χ4n) is 2.56. The lowest BCUT2D eigenvalue weighted by molar-refractivity contribution is 0.796. The predicted molar refractivity (Wildman–Crippen MR) is 120 cm³/mol. The van der Waals surface area contributed by atoms with Crippen molar-refractivity contribution in [3.63, 3.8) is 0 Å². The van der Waals surface area contributed by atoms with E-state index >= 15 is 0 Å². The first-order valence-corrected chi connectivity index (χ1v) is 8.86. The Kier molecular flexibility index (Phi) is 8.76. The zero-order valence-electron chi connectivity index (χ0n) is 15.4. The number of aromatic nitrogens is 3. The molecule has 0 saturated heterocycles. The predicted octanol–water partition coefficient (Wildman–Crippen LogP) is 3.18. The highest BCUT2D eigenvalue weighted by atomic mass is 127. The Morgan fingerprint density at radius 3 is 2.56 bits per heavy atom. The molecule has 3 aromatic rings. The molecule has 3 rings (SSSR count). The van der Waals surface area contributed by atoms with Gasteiger partial charge in [0.1, 0.15) is 0 Å². The highest BCUT2D eigenvalue weighted by molar-refractivity contribution is 14.0. The molecule has 7 heteroatoms. The van der Waals surface area contributed by atoms with E-state index in [4.69, 9.17) is 0 Å². The third-order valence-corrected chi connectivity index (χ3v) is 3.88. The summed E-state index contributed by atoms with van der Waals surface area (Å²) in [6.07, 6.45) is 6.44. The van der Waals surface area contributed by atoms with Crippen molar-refractivity contribution in [3.05, 3.63) is 78.4 Å². The summed E-state index contributed by atoms with van der Waals surface area (Å²) in [6, 6.07) is 16.2. The molecule has 6 nitrogen and oxygen atoms in total. The van der Waals surface area contributed by atoms with Gasteiger partial charge in [-0.3, -0.25) is 4.98 Å². The van der Waals surface area contributed by atoms with Crippen LogP contribution >= 0.6 is 24.0 Å². The van der Waals surface area contributed by atoms with Crippen molar-refractivity contribution >= 4 is 29.9 Å². The second-order valence-electron chi connectivity index (χ2n) is 5.81. The number of aliphatic imine (C=N–C) groups is 1. The van der Waals surface area contributed by atoms with E-state index in [0.717, 1.165) is 36.9 Å². The molecule has 142 valence electrons. The maximum Gasteiger partial charge on any atom is 0.191 e. The molecule has 27 heavy (non-hydrogen) atoms. The Bertz CT molecular complexity index is 800. The van der Waals surface area contributed by atoms with Gasteiger partial charge in [-0.2, -0.15) is 5.10 Å². The summed E-state index contributed by atoms with van der Waals surface area (Å²) in [6.45, 7) is 4.27. The standard InChI is InChI=1S/C20H24N6.HI/c1-2-21-20(24-16-18-6-3-4-12-22-18)23-14-11-17-7-9-19(10-8-17)26-15-5-13-25-26;/h3-10,12-13,15H,2,11,14,16H2,1H3,(H2,21,23,24);1H. The van der Waals surface area contributed by atoms with Crippen LogP contribution in [0.15, 0.2) is 72.1 Å². The second kappa shape index (κ2) is 11.3. The number of pyridine rings is 1. The lowest BCUT2D eigenvalue weighted by Crippen LogP contribution is -2.38. The van der Waals surface area contributed by atoms with Crippen LogP contribution in [0.2, 0.25) is 0 Å². The molecule has 0 unspecified atom stereocenters. The van der Waals surface area contributed by atoms with E-state index in [2.05, 4.69) is 56.9 Å². The molecule has 0 bridgehead atoms. The van der Waals surface area contributed by atoms with Gasteiger partial charge in [0, 0.05) is 31.7 Å². The summed E-state index contributed by atoms with van der Waals surface area (Å²) in [7, 11) is 0. The molecule has 2 N–H and O–H groups in total. The van der Waals surface area contributed by atoms with Gasteiger partial charge in [-0.05, 0) is 49.2 Å². The van der Waals surface area contributed by atoms with Crippen LogP contribution in [0.1, 0.15) is 18.2 Å². The molecule has 0 aliphatic carbocycles. The molecule has 1 aromatic carbocycles. The van der Waals surface area contributed by atoms with Crippen LogP contribution in [-0.4, -0.2) is 33.8 Å². The number of guanidine groups is 1. The number of halogens is 1. The zero-order valence-corrected chi connectivity index (χ0v) is 17.7. The van der Waals surface area contributed by atoms with Gasteiger partial charge in [0.25, 0.3) is 0 Å². The maximum absolute atomic E-state index is 4.58. The van der Waals surface area contributed by atoms with Crippen LogP contribution in [0, 0.1) is 0 Å². The van der Waals surface area contributed by atoms with E-state index in [1.165, 1.54) is 5.56 Å². The third-order valence-electron chi connectivity index (χ3n) is 3.88. The summed E-state index contributed by atoms with van der Waals surface area (Å²) in [4.78, 5) is 8.88. The minimum Gasteiger partial charge on any atom is -0.357 e. The first kappa shape index (κ1) is 20.9. The van der Waals surface area contributed by atoms with Crippen molar-refractivity contribution in [2.24, 2.45) is 4.99 Å². The molecule has 2 heterocycles. The van der Waals surface area contributed by atoms with Gasteiger partial charge >= 0.3 is 0 Å². The first-order valence-electron chi connectivity index (χ1n) is 8.86. The monoisotopic (exact) mass is 476 g/mol. The molecule has 0 fully saturated rings. The zero-order chi connectivity index (χ0) is 18.0. The summed E-state index contributed by atoms with van der Waals surface area (Å²) < 4.78 is 1.86. The summed E-state index contributed by atoms with van der Waals surface area (Å²) >= 11 is 0. The normalized spacial score (nSPS) is 10.9. The van der Waals surface area contributed by atoms with Crippen LogP contribution < -0.4 is 10.6 Å². The van der Waals surface area contributed by atoms with Gasteiger partial charge in [-0.25, -0.2) is 9.67 Å². The van der Waals surface area contributed by atoms with Crippen LogP contribution in [0.5, 0.6) is 0 Å². The fourth-order valence-corrected chi connectivity index (χ4v) is 2.56.